The van der Waals surface area contributed by atoms with E-state index in [-0.39, 0.29) is 41.9 Å². The average Bonchev–Trinajstić information content (AvgIpc) is 2.65. The highest BCUT2D eigenvalue weighted by Gasteiger charge is 2.12. The summed E-state index contributed by atoms with van der Waals surface area (Å²) in [6.07, 6.45) is 0.973. The number of nitrogens with one attached hydrogen (secondary N) is 2. The number of nitrogens with zero attached hydrogens (tertiary/aromatic N) is 1. The summed E-state index contributed by atoms with van der Waals surface area (Å²) >= 11 is 1.62. The molecule has 0 aliphatic rings. The molecule has 4 nitrogen and oxygen atoms in total. The summed E-state index contributed by atoms with van der Waals surface area (Å²) in [6, 6.07) is 10.8. The van der Waals surface area contributed by atoms with E-state index in [0.717, 1.165) is 11.1 Å². The van der Waals surface area contributed by atoms with E-state index in [9.17, 15) is 13.9 Å². The minimum Gasteiger partial charge on any atom is -0.386 e. The van der Waals surface area contributed by atoms with E-state index in [4.69, 9.17) is 0 Å². The van der Waals surface area contributed by atoms with E-state index in [1.807, 2.05) is 13.2 Å². The van der Waals surface area contributed by atoms with Crippen molar-refractivity contribution in [2.24, 2.45) is 4.99 Å². The van der Waals surface area contributed by atoms with Crippen LogP contribution in [0.15, 0.2) is 47.5 Å². The highest BCUT2D eigenvalue weighted by Crippen LogP contribution is 2.18. The molecule has 2 rings (SSSR count). The third kappa shape index (κ3) is 7.56. The van der Waals surface area contributed by atoms with E-state index in [1.54, 1.807) is 36.0 Å². The maximum absolute atomic E-state index is 13.8. The maximum atomic E-state index is 13.8. The number of aliphatic hydroxyl groups excluding tert-OH is 1. The molecule has 0 aliphatic heterocycles. The zero-order valence-corrected chi connectivity index (χ0v) is 19.1. The third-order valence-corrected chi connectivity index (χ3v) is 4.55. The van der Waals surface area contributed by atoms with Gasteiger partial charge >= 0.3 is 0 Å². The van der Waals surface area contributed by atoms with Crippen LogP contribution in [0.2, 0.25) is 0 Å². The molecular formula is C20H26F2IN3OS. The van der Waals surface area contributed by atoms with Gasteiger partial charge in [0.05, 0.1) is 12.6 Å². The van der Waals surface area contributed by atoms with Gasteiger partial charge in [0.25, 0.3) is 0 Å². The van der Waals surface area contributed by atoms with E-state index in [1.165, 1.54) is 18.2 Å². The molecule has 0 heterocycles. The first-order chi connectivity index (χ1) is 13.0. The zero-order valence-electron chi connectivity index (χ0n) is 15.9. The lowest BCUT2D eigenvalue weighted by Crippen LogP contribution is -2.39. The second kappa shape index (κ2) is 12.9. The molecule has 2 aromatic rings. The Labute approximate surface area is 186 Å². The van der Waals surface area contributed by atoms with Crippen LogP contribution in [0, 0.1) is 11.6 Å². The lowest BCUT2D eigenvalue weighted by Gasteiger charge is -2.16. The molecule has 0 amide bonds. The predicted octanol–water partition coefficient (Wildman–Crippen LogP) is 4.23. The summed E-state index contributed by atoms with van der Waals surface area (Å²) in [5.41, 5.74) is 2.09. The predicted molar refractivity (Wildman–Crippen MR) is 123 cm³/mol. The number of hydrogen-bond donors (Lipinski definition) is 3. The lowest BCUT2D eigenvalue weighted by atomic mass is 10.1. The minimum atomic E-state index is -0.993. The molecule has 0 saturated carbocycles. The first-order valence-electron chi connectivity index (χ1n) is 8.76. The maximum Gasteiger partial charge on any atom is 0.191 e. The van der Waals surface area contributed by atoms with Gasteiger partial charge in [-0.3, -0.25) is 0 Å². The van der Waals surface area contributed by atoms with Crippen molar-refractivity contribution >= 4 is 41.7 Å². The van der Waals surface area contributed by atoms with Gasteiger partial charge in [0, 0.05) is 24.4 Å². The molecule has 0 bridgehead atoms. The molecule has 28 heavy (non-hydrogen) atoms. The Kier molecular flexibility index (Phi) is 11.4. The fourth-order valence-electron chi connectivity index (χ4n) is 2.59. The second-order valence-corrected chi connectivity index (χ2v) is 6.83. The van der Waals surface area contributed by atoms with Crippen molar-refractivity contribution in [3.63, 3.8) is 0 Å². The number of aliphatic hydroxyl groups is 1. The van der Waals surface area contributed by atoms with Gasteiger partial charge < -0.3 is 15.7 Å². The molecule has 1 unspecified atom stereocenters. The molecule has 8 heteroatoms. The molecule has 2 aromatic carbocycles. The molecule has 3 N–H and O–H groups in total. The van der Waals surface area contributed by atoms with Crippen LogP contribution in [0.1, 0.15) is 29.7 Å². The Morgan fingerprint density at radius 2 is 1.89 bits per heavy atom. The Morgan fingerprint density at radius 1 is 1.14 bits per heavy atom. The van der Waals surface area contributed by atoms with Gasteiger partial charge in [-0.05, 0) is 42.5 Å². The number of hydrogen-bond acceptors (Lipinski definition) is 3. The summed E-state index contributed by atoms with van der Waals surface area (Å²) in [7, 11) is 0. The summed E-state index contributed by atoms with van der Waals surface area (Å²) in [5, 5.41) is 16.3. The molecule has 0 radical (unpaired) electrons. The Hall–Kier alpha value is -1.39. The van der Waals surface area contributed by atoms with E-state index in [0.29, 0.717) is 24.8 Å². The lowest BCUT2D eigenvalue weighted by molar-refractivity contribution is 0.176. The number of aliphatic imine (C=N–C) groups is 1. The SMILES string of the molecule is CCNC(=NCc1ccc(F)cc1CSC)NCC(O)c1ccccc1F.I. The molecule has 154 valence electrons. The highest BCUT2D eigenvalue weighted by atomic mass is 127. The van der Waals surface area contributed by atoms with Crippen LogP contribution in [0.5, 0.6) is 0 Å². The van der Waals surface area contributed by atoms with Crippen molar-refractivity contribution in [3.8, 4) is 0 Å². The normalized spacial score (nSPS) is 12.2. The minimum absolute atomic E-state index is 0. The molecule has 1 atom stereocenters. The molecule has 0 aromatic heterocycles. The monoisotopic (exact) mass is 521 g/mol. The summed E-state index contributed by atoms with van der Waals surface area (Å²) in [6.45, 7) is 3.07. The summed E-state index contributed by atoms with van der Waals surface area (Å²) in [4.78, 5) is 4.50. The molecule has 0 saturated heterocycles. The largest absolute Gasteiger partial charge is 0.386 e. The van der Waals surface area contributed by atoms with E-state index in [2.05, 4.69) is 15.6 Å². The van der Waals surface area contributed by atoms with Gasteiger partial charge in [0.15, 0.2) is 5.96 Å². The van der Waals surface area contributed by atoms with Crippen LogP contribution in [0.4, 0.5) is 8.78 Å². The third-order valence-electron chi connectivity index (χ3n) is 3.95. The molecule has 0 aliphatic carbocycles. The quantitative estimate of drug-likeness (QED) is 0.277. The van der Waals surface area contributed by atoms with Crippen molar-refractivity contribution in [1.29, 1.82) is 0 Å². The number of rotatable bonds is 8. The molecule has 0 spiro atoms. The fourth-order valence-corrected chi connectivity index (χ4v) is 3.17. The number of guanidine groups is 1. The highest BCUT2D eigenvalue weighted by molar-refractivity contribution is 14.0. The summed E-state index contributed by atoms with van der Waals surface area (Å²) < 4.78 is 27.2. The topological polar surface area (TPSA) is 56.7 Å². The van der Waals surface area contributed by atoms with Crippen LogP contribution in [0.25, 0.3) is 0 Å². The number of halogens is 3. The Bertz CT molecular complexity index is 777. The van der Waals surface area contributed by atoms with Crippen molar-refractivity contribution < 1.29 is 13.9 Å². The van der Waals surface area contributed by atoms with Gasteiger partial charge in [0.1, 0.15) is 11.6 Å². The smallest absolute Gasteiger partial charge is 0.191 e. The van der Waals surface area contributed by atoms with Gasteiger partial charge in [-0.2, -0.15) is 11.8 Å². The Balaban J connectivity index is 0.00000392. The van der Waals surface area contributed by atoms with Crippen molar-refractivity contribution in [1.82, 2.24) is 10.6 Å². The van der Waals surface area contributed by atoms with E-state index >= 15 is 0 Å². The van der Waals surface area contributed by atoms with Crippen LogP contribution >= 0.6 is 35.7 Å². The van der Waals surface area contributed by atoms with Crippen LogP contribution in [-0.2, 0) is 12.3 Å². The second-order valence-electron chi connectivity index (χ2n) is 5.96. The van der Waals surface area contributed by atoms with E-state index < -0.39 is 11.9 Å². The van der Waals surface area contributed by atoms with Crippen LogP contribution in [0.3, 0.4) is 0 Å². The van der Waals surface area contributed by atoms with Gasteiger partial charge in [-0.1, -0.05) is 24.3 Å². The van der Waals surface area contributed by atoms with Crippen LogP contribution < -0.4 is 10.6 Å². The number of thioether (sulfide) groups is 1. The standard InChI is InChI=1S/C20H25F2N3OS.HI/c1-3-23-20(25-12-19(26)17-6-4-5-7-18(17)22)24-11-14-8-9-16(21)10-15(14)13-27-2;/h4-10,19,26H,3,11-13H2,1-2H3,(H2,23,24,25);1H. The number of benzene rings is 2. The zero-order chi connectivity index (χ0) is 19.6. The Morgan fingerprint density at radius 3 is 2.57 bits per heavy atom. The molecular weight excluding hydrogens is 495 g/mol. The fraction of sp³-hybridized carbons (Fsp3) is 0.350. The van der Waals surface area contributed by atoms with Crippen LogP contribution in [-0.4, -0.2) is 30.4 Å². The first-order valence-corrected chi connectivity index (χ1v) is 10.2. The van der Waals surface area contributed by atoms with Gasteiger partial charge in [-0.25, -0.2) is 13.8 Å². The van der Waals surface area contributed by atoms with Crippen molar-refractivity contribution in [2.45, 2.75) is 25.3 Å². The summed E-state index contributed by atoms with van der Waals surface area (Å²) in [5.74, 6) is 0.511. The van der Waals surface area contributed by atoms with Crippen molar-refractivity contribution in [2.75, 3.05) is 19.3 Å². The van der Waals surface area contributed by atoms with Crippen molar-refractivity contribution in [3.05, 3.63) is 70.8 Å². The molecule has 0 fully saturated rings. The average molecular weight is 521 g/mol. The van der Waals surface area contributed by atoms with Gasteiger partial charge in [0.2, 0.25) is 0 Å². The first kappa shape index (κ1) is 24.6. The van der Waals surface area contributed by atoms with Gasteiger partial charge in [-0.15, -0.1) is 24.0 Å².